The molecule has 132 valence electrons. The molecule has 5 nitrogen and oxygen atoms in total. The summed E-state index contributed by atoms with van der Waals surface area (Å²) in [7, 11) is 0. The molecular formula is C19H23N3O2S. The van der Waals surface area contributed by atoms with E-state index in [0.29, 0.717) is 0 Å². The monoisotopic (exact) mass is 357 g/mol. The minimum atomic E-state index is 0.148. The average molecular weight is 357 g/mol. The molecule has 0 aromatic carbocycles. The molecule has 0 spiro atoms. The zero-order valence-electron chi connectivity index (χ0n) is 14.3. The van der Waals surface area contributed by atoms with Crippen molar-refractivity contribution in [1.82, 2.24) is 14.8 Å². The Balaban J connectivity index is 1.50. The second kappa shape index (κ2) is 7.64. The standard InChI is InChI=1S/C19H23N3O2S/c23-19(16-4-11-25-14-16)22-6-1-2-18(22)15-3-5-20-17(12-15)13-21-7-9-24-10-8-21/h3-5,11-12,14,18H,1-2,6-10,13H2/t18-/m0/s1. The first-order valence-electron chi connectivity index (χ1n) is 8.89. The van der Waals surface area contributed by atoms with Crippen molar-refractivity contribution < 1.29 is 9.53 Å². The number of amides is 1. The number of ether oxygens (including phenoxy) is 1. The van der Waals surface area contributed by atoms with Crippen LogP contribution in [0.1, 0.15) is 40.5 Å². The fraction of sp³-hybridized carbons (Fsp3) is 0.474. The lowest BCUT2D eigenvalue weighted by molar-refractivity contribution is 0.0336. The number of hydrogen-bond acceptors (Lipinski definition) is 5. The van der Waals surface area contributed by atoms with Crippen LogP contribution in [0.25, 0.3) is 0 Å². The Kier molecular flexibility index (Phi) is 5.10. The molecule has 2 aromatic rings. The van der Waals surface area contributed by atoms with E-state index in [1.54, 1.807) is 11.3 Å². The van der Waals surface area contributed by atoms with E-state index in [1.807, 2.05) is 27.9 Å². The topological polar surface area (TPSA) is 45.7 Å². The third-order valence-corrected chi connectivity index (χ3v) is 5.68. The van der Waals surface area contributed by atoms with Crippen LogP contribution in [-0.2, 0) is 11.3 Å². The first kappa shape index (κ1) is 16.7. The fourth-order valence-electron chi connectivity index (χ4n) is 3.69. The minimum absolute atomic E-state index is 0.148. The van der Waals surface area contributed by atoms with Crippen molar-refractivity contribution in [3.63, 3.8) is 0 Å². The van der Waals surface area contributed by atoms with Crippen LogP contribution in [0.3, 0.4) is 0 Å². The summed E-state index contributed by atoms with van der Waals surface area (Å²) in [6.07, 6.45) is 3.97. The Morgan fingerprint density at radius 1 is 1.28 bits per heavy atom. The number of morpholine rings is 1. The van der Waals surface area contributed by atoms with Crippen molar-refractivity contribution >= 4 is 17.2 Å². The van der Waals surface area contributed by atoms with Gasteiger partial charge in [0.1, 0.15) is 0 Å². The highest BCUT2D eigenvalue weighted by Crippen LogP contribution is 2.33. The molecule has 2 aromatic heterocycles. The van der Waals surface area contributed by atoms with E-state index in [2.05, 4.69) is 22.0 Å². The number of hydrogen-bond donors (Lipinski definition) is 0. The van der Waals surface area contributed by atoms with Gasteiger partial charge in [-0.05, 0) is 42.0 Å². The summed E-state index contributed by atoms with van der Waals surface area (Å²) in [5.41, 5.74) is 3.09. The summed E-state index contributed by atoms with van der Waals surface area (Å²) < 4.78 is 5.41. The van der Waals surface area contributed by atoms with Crippen LogP contribution in [0.15, 0.2) is 35.2 Å². The Labute approximate surface area is 152 Å². The van der Waals surface area contributed by atoms with Gasteiger partial charge in [-0.3, -0.25) is 14.7 Å². The maximum atomic E-state index is 12.8. The molecule has 0 bridgehead atoms. The van der Waals surface area contributed by atoms with E-state index in [9.17, 15) is 4.79 Å². The van der Waals surface area contributed by atoms with Crippen molar-refractivity contribution in [3.05, 3.63) is 52.0 Å². The summed E-state index contributed by atoms with van der Waals surface area (Å²) in [4.78, 5) is 21.7. The van der Waals surface area contributed by atoms with Gasteiger partial charge in [-0.2, -0.15) is 11.3 Å². The van der Waals surface area contributed by atoms with Crippen LogP contribution in [-0.4, -0.2) is 53.5 Å². The number of nitrogens with zero attached hydrogens (tertiary/aromatic N) is 3. The van der Waals surface area contributed by atoms with Gasteiger partial charge in [0.05, 0.1) is 30.5 Å². The lowest BCUT2D eigenvalue weighted by Gasteiger charge is -2.27. The van der Waals surface area contributed by atoms with E-state index >= 15 is 0 Å². The summed E-state index contributed by atoms with van der Waals surface area (Å²) in [5.74, 6) is 0.148. The molecule has 25 heavy (non-hydrogen) atoms. The molecule has 2 saturated heterocycles. The van der Waals surface area contributed by atoms with E-state index in [4.69, 9.17) is 4.74 Å². The van der Waals surface area contributed by atoms with E-state index in [1.165, 1.54) is 5.56 Å². The number of pyridine rings is 1. The normalized spacial score (nSPS) is 21.6. The van der Waals surface area contributed by atoms with Crippen LogP contribution in [0.5, 0.6) is 0 Å². The van der Waals surface area contributed by atoms with Gasteiger partial charge < -0.3 is 9.64 Å². The second-order valence-corrected chi connectivity index (χ2v) is 7.42. The van der Waals surface area contributed by atoms with E-state index in [0.717, 1.165) is 63.5 Å². The maximum Gasteiger partial charge on any atom is 0.255 e. The molecule has 0 aliphatic carbocycles. The number of carbonyl (C=O) groups excluding carboxylic acids is 1. The van der Waals surface area contributed by atoms with Crippen LogP contribution in [0.4, 0.5) is 0 Å². The van der Waals surface area contributed by atoms with E-state index in [-0.39, 0.29) is 11.9 Å². The van der Waals surface area contributed by atoms with Gasteiger partial charge >= 0.3 is 0 Å². The van der Waals surface area contributed by atoms with Crippen LogP contribution in [0.2, 0.25) is 0 Å². The molecule has 1 amide bonds. The molecule has 1 atom stereocenters. The molecule has 0 N–H and O–H groups in total. The Hall–Kier alpha value is -1.76. The zero-order chi connectivity index (χ0) is 17.1. The highest BCUT2D eigenvalue weighted by molar-refractivity contribution is 7.08. The summed E-state index contributed by atoms with van der Waals surface area (Å²) in [5, 5.41) is 3.90. The Morgan fingerprint density at radius 2 is 2.16 bits per heavy atom. The molecule has 2 aliphatic heterocycles. The third kappa shape index (κ3) is 3.76. The number of rotatable bonds is 4. The highest BCUT2D eigenvalue weighted by atomic mass is 32.1. The van der Waals surface area contributed by atoms with Crippen molar-refractivity contribution in [2.45, 2.75) is 25.4 Å². The molecule has 0 radical (unpaired) electrons. The van der Waals surface area contributed by atoms with Gasteiger partial charge in [-0.1, -0.05) is 0 Å². The molecule has 6 heteroatoms. The lowest BCUT2D eigenvalue weighted by atomic mass is 10.0. The number of aromatic nitrogens is 1. The second-order valence-electron chi connectivity index (χ2n) is 6.64. The molecule has 0 saturated carbocycles. The molecule has 2 fully saturated rings. The molecule has 4 rings (SSSR count). The maximum absolute atomic E-state index is 12.8. The first-order chi connectivity index (χ1) is 12.3. The smallest absolute Gasteiger partial charge is 0.255 e. The summed E-state index contributed by atoms with van der Waals surface area (Å²) in [6, 6.07) is 6.32. The minimum Gasteiger partial charge on any atom is -0.379 e. The van der Waals surface area contributed by atoms with Gasteiger partial charge in [-0.25, -0.2) is 0 Å². The van der Waals surface area contributed by atoms with Crippen LogP contribution in [0, 0.1) is 0 Å². The van der Waals surface area contributed by atoms with Gasteiger partial charge in [-0.15, -0.1) is 0 Å². The lowest BCUT2D eigenvalue weighted by Crippen LogP contribution is -2.36. The molecule has 4 heterocycles. The summed E-state index contributed by atoms with van der Waals surface area (Å²) >= 11 is 1.57. The first-order valence-corrected chi connectivity index (χ1v) is 9.83. The number of thiophene rings is 1. The third-order valence-electron chi connectivity index (χ3n) is 5.00. The van der Waals surface area contributed by atoms with E-state index < -0.39 is 0 Å². The quantitative estimate of drug-likeness (QED) is 0.844. The van der Waals surface area contributed by atoms with Gasteiger partial charge in [0.2, 0.25) is 0 Å². The highest BCUT2D eigenvalue weighted by Gasteiger charge is 2.31. The molecule has 0 unspecified atom stereocenters. The van der Waals surface area contributed by atoms with Gasteiger partial charge in [0.15, 0.2) is 0 Å². The Bertz CT molecular complexity index is 713. The van der Waals surface area contributed by atoms with Crippen molar-refractivity contribution in [2.24, 2.45) is 0 Å². The average Bonchev–Trinajstić information content (AvgIpc) is 3.34. The summed E-state index contributed by atoms with van der Waals surface area (Å²) in [6.45, 7) is 5.19. The molecule has 2 aliphatic rings. The molecular weight excluding hydrogens is 334 g/mol. The predicted molar refractivity (Wildman–Crippen MR) is 97.7 cm³/mol. The van der Waals surface area contributed by atoms with Crippen molar-refractivity contribution in [3.8, 4) is 0 Å². The van der Waals surface area contributed by atoms with Crippen LogP contribution < -0.4 is 0 Å². The number of carbonyl (C=O) groups is 1. The van der Waals surface area contributed by atoms with Crippen molar-refractivity contribution in [2.75, 3.05) is 32.8 Å². The van der Waals surface area contributed by atoms with Gasteiger partial charge in [0.25, 0.3) is 5.91 Å². The fourth-order valence-corrected chi connectivity index (χ4v) is 4.32. The largest absolute Gasteiger partial charge is 0.379 e. The van der Waals surface area contributed by atoms with Crippen molar-refractivity contribution in [1.29, 1.82) is 0 Å². The van der Waals surface area contributed by atoms with Gasteiger partial charge in [0, 0.05) is 37.8 Å². The SMILES string of the molecule is O=C(c1ccsc1)N1CCC[C@H]1c1ccnc(CN2CCOCC2)c1. The van der Waals surface area contributed by atoms with Crippen LogP contribution >= 0.6 is 11.3 Å². The number of likely N-dealkylation sites (tertiary alicyclic amines) is 1. The Morgan fingerprint density at radius 3 is 2.96 bits per heavy atom. The predicted octanol–water partition coefficient (Wildman–Crippen LogP) is 2.95. The zero-order valence-corrected chi connectivity index (χ0v) is 15.1.